The van der Waals surface area contributed by atoms with Crippen LogP contribution in [-0.4, -0.2) is 30.8 Å². The Labute approximate surface area is 114 Å². The van der Waals surface area contributed by atoms with Crippen LogP contribution < -0.4 is 5.73 Å². The first-order valence-electron chi connectivity index (χ1n) is 6.84. The number of hydrogen-bond acceptors (Lipinski definition) is 3. The minimum Gasteiger partial charge on any atom is -0.328 e. The Morgan fingerprint density at radius 2 is 1.63 bits per heavy atom. The van der Waals surface area contributed by atoms with E-state index in [1.54, 1.807) is 16.4 Å². The third-order valence-corrected chi connectivity index (χ3v) is 6.32. The average Bonchev–Trinajstić information content (AvgIpc) is 2.64. The molecule has 3 rings (SSSR count). The second kappa shape index (κ2) is 4.58. The number of aryl methyl sites for hydroxylation is 1. The molecular formula is C14H20N2O2S. The van der Waals surface area contributed by atoms with Gasteiger partial charge in [0.2, 0.25) is 10.0 Å². The van der Waals surface area contributed by atoms with Gasteiger partial charge in [-0.2, -0.15) is 4.31 Å². The lowest BCUT2D eigenvalue weighted by atomic mass is 10.0. The lowest BCUT2D eigenvalue weighted by Crippen LogP contribution is -2.49. The molecule has 0 radical (unpaired) electrons. The van der Waals surface area contributed by atoms with E-state index in [9.17, 15) is 8.42 Å². The third-order valence-electron chi connectivity index (χ3n) is 4.30. The Balaban J connectivity index is 1.95. The standard InChI is InChI=1S/C14H20N2O2S/c1-10-2-6-14(7-3-10)19(17,18)16-12-4-5-13(16)9-11(15)8-12/h2-3,6-7,11-13H,4-5,8-9,15H2,1H3. The van der Waals surface area contributed by atoms with Gasteiger partial charge in [-0.3, -0.25) is 0 Å². The van der Waals surface area contributed by atoms with Gasteiger partial charge in [0, 0.05) is 18.1 Å². The molecule has 0 aliphatic carbocycles. The molecule has 2 fully saturated rings. The fourth-order valence-corrected chi connectivity index (χ4v) is 5.29. The van der Waals surface area contributed by atoms with E-state index in [0.717, 1.165) is 31.2 Å². The van der Waals surface area contributed by atoms with Crippen molar-refractivity contribution >= 4 is 10.0 Å². The topological polar surface area (TPSA) is 63.4 Å². The minimum absolute atomic E-state index is 0.0973. The maximum Gasteiger partial charge on any atom is 0.243 e. The van der Waals surface area contributed by atoms with Gasteiger partial charge in [-0.25, -0.2) is 8.42 Å². The molecule has 2 aliphatic heterocycles. The lowest BCUT2D eigenvalue weighted by molar-refractivity contribution is 0.227. The first-order valence-corrected chi connectivity index (χ1v) is 8.28. The zero-order valence-electron chi connectivity index (χ0n) is 11.1. The van der Waals surface area contributed by atoms with E-state index in [1.165, 1.54) is 0 Å². The van der Waals surface area contributed by atoms with Crippen LogP contribution in [0.2, 0.25) is 0 Å². The summed E-state index contributed by atoms with van der Waals surface area (Å²) < 4.78 is 27.2. The quantitative estimate of drug-likeness (QED) is 0.895. The lowest BCUT2D eigenvalue weighted by Gasteiger charge is -2.36. The first-order chi connectivity index (χ1) is 8.98. The van der Waals surface area contributed by atoms with Crippen LogP contribution in [0, 0.1) is 6.92 Å². The molecule has 1 aromatic rings. The molecule has 2 unspecified atom stereocenters. The van der Waals surface area contributed by atoms with Gasteiger partial charge in [0.25, 0.3) is 0 Å². The van der Waals surface area contributed by atoms with Gasteiger partial charge in [-0.15, -0.1) is 0 Å². The molecule has 0 saturated carbocycles. The van der Waals surface area contributed by atoms with Crippen LogP contribution in [0.25, 0.3) is 0 Å². The fraction of sp³-hybridized carbons (Fsp3) is 0.571. The molecule has 2 saturated heterocycles. The normalized spacial score (nSPS) is 31.6. The summed E-state index contributed by atoms with van der Waals surface area (Å²) in [5.74, 6) is 0. The molecule has 2 N–H and O–H groups in total. The summed E-state index contributed by atoms with van der Waals surface area (Å²) >= 11 is 0. The molecule has 1 aromatic carbocycles. The first kappa shape index (κ1) is 13.1. The third kappa shape index (κ3) is 2.20. The number of nitrogens with two attached hydrogens (primary N) is 1. The number of piperidine rings is 1. The van der Waals surface area contributed by atoms with Crippen molar-refractivity contribution in [1.82, 2.24) is 4.31 Å². The van der Waals surface area contributed by atoms with Gasteiger partial charge >= 0.3 is 0 Å². The van der Waals surface area contributed by atoms with Gasteiger partial charge in [0.15, 0.2) is 0 Å². The Bertz CT molecular complexity index is 554. The highest BCUT2D eigenvalue weighted by atomic mass is 32.2. The number of nitrogens with zero attached hydrogens (tertiary/aromatic N) is 1. The van der Waals surface area contributed by atoms with Gasteiger partial charge in [0.05, 0.1) is 4.90 Å². The van der Waals surface area contributed by atoms with E-state index in [4.69, 9.17) is 5.73 Å². The predicted octanol–water partition coefficient (Wildman–Crippen LogP) is 1.64. The van der Waals surface area contributed by atoms with Crippen LogP contribution in [0.1, 0.15) is 31.2 Å². The van der Waals surface area contributed by atoms with E-state index >= 15 is 0 Å². The number of fused-ring (bicyclic) bond motifs is 2. The monoisotopic (exact) mass is 280 g/mol. The molecule has 19 heavy (non-hydrogen) atoms. The van der Waals surface area contributed by atoms with E-state index in [1.807, 2.05) is 19.1 Å². The van der Waals surface area contributed by atoms with E-state index in [-0.39, 0.29) is 18.1 Å². The highest BCUT2D eigenvalue weighted by Gasteiger charge is 2.46. The van der Waals surface area contributed by atoms with Gasteiger partial charge < -0.3 is 5.73 Å². The second-order valence-corrected chi connectivity index (χ2v) is 7.61. The van der Waals surface area contributed by atoms with Crippen molar-refractivity contribution in [1.29, 1.82) is 0 Å². The summed E-state index contributed by atoms with van der Waals surface area (Å²) in [4.78, 5) is 0.408. The van der Waals surface area contributed by atoms with Crippen molar-refractivity contribution in [2.75, 3.05) is 0 Å². The maximum atomic E-state index is 12.8. The van der Waals surface area contributed by atoms with Crippen LogP contribution in [0.15, 0.2) is 29.2 Å². The molecule has 2 aliphatic rings. The highest BCUT2D eigenvalue weighted by Crippen LogP contribution is 2.39. The molecule has 5 heteroatoms. The van der Waals surface area contributed by atoms with Gasteiger partial charge in [-0.1, -0.05) is 17.7 Å². The summed E-state index contributed by atoms with van der Waals surface area (Å²) in [6.45, 7) is 1.96. The van der Waals surface area contributed by atoms with Crippen LogP contribution in [-0.2, 0) is 10.0 Å². The van der Waals surface area contributed by atoms with Gasteiger partial charge in [-0.05, 0) is 44.7 Å². The molecule has 104 valence electrons. The van der Waals surface area contributed by atoms with E-state index in [0.29, 0.717) is 4.90 Å². The van der Waals surface area contributed by atoms with Crippen molar-refractivity contribution in [2.45, 2.75) is 55.6 Å². The largest absolute Gasteiger partial charge is 0.328 e. The van der Waals surface area contributed by atoms with Crippen LogP contribution >= 0.6 is 0 Å². The van der Waals surface area contributed by atoms with Gasteiger partial charge in [0.1, 0.15) is 0 Å². The molecule has 0 amide bonds. The number of rotatable bonds is 2. The smallest absolute Gasteiger partial charge is 0.243 e. The molecular weight excluding hydrogens is 260 g/mol. The molecule has 2 bridgehead atoms. The van der Waals surface area contributed by atoms with Crippen LogP contribution in [0.4, 0.5) is 0 Å². The van der Waals surface area contributed by atoms with Crippen molar-refractivity contribution in [3.63, 3.8) is 0 Å². The fourth-order valence-electron chi connectivity index (χ4n) is 3.40. The van der Waals surface area contributed by atoms with Crippen molar-refractivity contribution in [2.24, 2.45) is 5.73 Å². The summed E-state index contributed by atoms with van der Waals surface area (Å²) in [6, 6.07) is 7.47. The molecule has 0 spiro atoms. The molecule has 2 heterocycles. The molecule has 4 nitrogen and oxygen atoms in total. The predicted molar refractivity (Wildman–Crippen MR) is 74.2 cm³/mol. The zero-order chi connectivity index (χ0) is 13.6. The Kier molecular flexibility index (Phi) is 3.15. The summed E-state index contributed by atoms with van der Waals surface area (Å²) in [7, 11) is -3.36. The Morgan fingerprint density at radius 3 is 2.16 bits per heavy atom. The zero-order valence-corrected chi connectivity index (χ0v) is 11.9. The SMILES string of the molecule is Cc1ccc(S(=O)(=O)N2C3CCC2CC(N)C3)cc1. The van der Waals surface area contributed by atoms with E-state index < -0.39 is 10.0 Å². The highest BCUT2D eigenvalue weighted by molar-refractivity contribution is 7.89. The van der Waals surface area contributed by atoms with Crippen molar-refractivity contribution in [3.8, 4) is 0 Å². The number of benzene rings is 1. The van der Waals surface area contributed by atoms with Crippen LogP contribution in [0.5, 0.6) is 0 Å². The molecule has 2 atom stereocenters. The van der Waals surface area contributed by atoms with Crippen molar-refractivity contribution < 1.29 is 8.42 Å². The minimum atomic E-state index is -3.36. The Morgan fingerprint density at radius 1 is 1.11 bits per heavy atom. The van der Waals surface area contributed by atoms with Crippen LogP contribution in [0.3, 0.4) is 0 Å². The summed E-state index contributed by atoms with van der Waals surface area (Å²) in [5.41, 5.74) is 7.07. The number of hydrogen-bond donors (Lipinski definition) is 1. The maximum absolute atomic E-state index is 12.8. The van der Waals surface area contributed by atoms with E-state index in [2.05, 4.69) is 0 Å². The summed E-state index contributed by atoms with van der Waals surface area (Å²) in [5, 5.41) is 0. The molecule has 0 aromatic heterocycles. The second-order valence-electron chi connectivity index (χ2n) is 5.76. The Hall–Kier alpha value is -0.910. The van der Waals surface area contributed by atoms with Crippen molar-refractivity contribution in [3.05, 3.63) is 29.8 Å². The average molecular weight is 280 g/mol. The summed E-state index contributed by atoms with van der Waals surface area (Å²) in [6.07, 6.45) is 3.48. The number of sulfonamides is 1.